The number of aliphatic carboxylic acids is 1. The first kappa shape index (κ1) is 13.1. The summed E-state index contributed by atoms with van der Waals surface area (Å²) < 4.78 is 0. The first-order chi connectivity index (χ1) is 8.54. The molecule has 1 aliphatic heterocycles. The maximum Gasteiger partial charge on any atom is 0.305 e. The summed E-state index contributed by atoms with van der Waals surface area (Å²) in [6, 6.07) is 7.27. The van der Waals surface area contributed by atoms with Crippen molar-refractivity contribution in [1.29, 1.82) is 0 Å². The van der Waals surface area contributed by atoms with Gasteiger partial charge in [-0.1, -0.05) is 35.5 Å². The third-order valence-electron chi connectivity index (χ3n) is 2.42. The lowest BCUT2D eigenvalue weighted by Gasteiger charge is -2.03. The minimum Gasteiger partial charge on any atom is -0.481 e. The van der Waals surface area contributed by atoms with Crippen LogP contribution < -0.4 is 0 Å². The molecule has 1 atom stereocenters. The average molecular weight is 284 g/mol. The minimum absolute atomic E-state index is 0.183. The summed E-state index contributed by atoms with van der Waals surface area (Å²) in [6.07, 6.45) is 0.348. The summed E-state index contributed by atoms with van der Waals surface area (Å²) >= 11 is 7.01. The van der Waals surface area contributed by atoms with E-state index < -0.39 is 11.2 Å². The SMILES string of the molecule is O=C(O)CC1SC(Cc2ccc(Cl)cc2)=NC1=O. The van der Waals surface area contributed by atoms with Gasteiger partial charge in [-0.15, -0.1) is 0 Å². The van der Waals surface area contributed by atoms with Crippen LogP contribution in [-0.4, -0.2) is 27.3 Å². The first-order valence-electron chi connectivity index (χ1n) is 5.29. The highest BCUT2D eigenvalue weighted by Crippen LogP contribution is 2.27. The van der Waals surface area contributed by atoms with Gasteiger partial charge in [-0.3, -0.25) is 9.59 Å². The third-order valence-corrected chi connectivity index (χ3v) is 3.83. The van der Waals surface area contributed by atoms with E-state index in [-0.39, 0.29) is 12.3 Å². The van der Waals surface area contributed by atoms with Crippen molar-refractivity contribution >= 4 is 40.3 Å². The Labute approximate surface area is 113 Å². The molecule has 1 aromatic rings. The van der Waals surface area contributed by atoms with Crippen LogP contribution in [-0.2, 0) is 16.0 Å². The van der Waals surface area contributed by atoms with E-state index in [9.17, 15) is 9.59 Å². The van der Waals surface area contributed by atoms with Crippen LogP contribution in [0.15, 0.2) is 29.3 Å². The molecule has 1 amide bonds. The van der Waals surface area contributed by atoms with E-state index in [0.717, 1.165) is 5.56 Å². The van der Waals surface area contributed by atoms with E-state index in [1.807, 2.05) is 12.1 Å². The number of rotatable bonds is 4. The summed E-state index contributed by atoms with van der Waals surface area (Å²) in [4.78, 5) is 25.9. The molecule has 1 N–H and O–H groups in total. The van der Waals surface area contributed by atoms with Gasteiger partial charge < -0.3 is 5.11 Å². The second-order valence-corrected chi connectivity index (χ2v) is 5.56. The zero-order valence-electron chi connectivity index (χ0n) is 9.30. The fourth-order valence-electron chi connectivity index (χ4n) is 1.58. The normalized spacial score (nSPS) is 18.8. The molecule has 0 saturated carbocycles. The van der Waals surface area contributed by atoms with Gasteiger partial charge in [-0.25, -0.2) is 4.99 Å². The topological polar surface area (TPSA) is 66.7 Å². The van der Waals surface area contributed by atoms with Gasteiger partial charge in [0.15, 0.2) is 0 Å². The average Bonchev–Trinajstić information content (AvgIpc) is 2.62. The molecule has 1 unspecified atom stereocenters. The standard InChI is InChI=1S/C12H10ClNO3S/c13-8-3-1-7(2-4-8)5-10-14-12(17)9(18-10)6-11(15)16/h1-4,9H,5-6H2,(H,15,16). The fraction of sp³-hybridized carbons (Fsp3) is 0.250. The van der Waals surface area contributed by atoms with E-state index in [1.165, 1.54) is 11.8 Å². The molecule has 0 saturated heterocycles. The van der Waals surface area contributed by atoms with E-state index in [1.54, 1.807) is 12.1 Å². The number of benzene rings is 1. The number of nitrogens with zero attached hydrogens (tertiary/aromatic N) is 1. The van der Waals surface area contributed by atoms with Crippen molar-refractivity contribution in [2.45, 2.75) is 18.1 Å². The van der Waals surface area contributed by atoms with E-state index in [2.05, 4.69) is 4.99 Å². The molecule has 4 nitrogen and oxygen atoms in total. The van der Waals surface area contributed by atoms with Crippen molar-refractivity contribution in [3.8, 4) is 0 Å². The number of carboxylic acid groups (broad SMARTS) is 1. The van der Waals surface area contributed by atoms with Gasteiger partial charge >= 0.3 is 5.97 Å². The number of amides is 1. The van der Waals surface area contributed by atoms with Crippen molar-refractivity contribution in [3.63, 3.8) is 0 Å². The van der Waals surface area contributed by atoms with E-state index in [4.69, 9.17) is 16.7 Å². The summed E-state index contributed by atoms with van der Waals surface area (Å²) in [5, 5.41) is 9.40. The van der Waals surface area contributed by atoms with E-state index >= 15 is 0 Å². The molecule has 1 heterocycles. The highest BCUT2D eigenvalue weighted by molar-refractivity contribution is 8.15. The lowest BCUT2D eigenvalue weighted by atomic mass is 10.2. The Morgan fingerprint density at radius 1 is 1.39 bits per heavy atom. The maximum atomic E-state index is 11.5. The van der Waals surface area contributed by atoms with Crippen LogP contribution in [0.25, 0.3) is 0 Å². The predicted molar refractivity (Wildman–Crippen MR) is 71.2 cm³/mol. The molecule has 6 heteroatoms. The fourth-order valence-corrected chi connectivity index (χ4v) is 2.81. The molecule has 1 aromatic carbocycles. The number of hydrogen-bond donors (Lipinski definition) is 1. The van der Waals surface area contributed by atoms with Crippen LogP contribution >= 0.6 is 23.4 Å². The van der Waals surface area contributed by atoms with Crippen LogP contribution in [0.3, 0.4) is 0 Å². The Morgan fingerprint density at radius 3 is 2.67 bits per heavy atom. The third kappa shape index (κ3) is 3.34. The van der Waals surface area contributed by atoms with Gasteiger partial charge in [0.05, 0.1) is 11.5 Å². The van der Waals surface area contributed by atoms with Crippen molar-refractivity contribution < 1.29 is 14.7 Å². The van der Waals surface area contributed by atoms with Crippen molar-refractivity contribution in [1.82, 2.24) is 0 Å². The van der Waals surface area contributed by atoms with Crippen LogP contribution in [0.5, 0.6) is 0 Å². The Kier molecular flexibility index (Phi) is 4.04. The first-order valence-corrected chi connectivity index (χ1v) is 6.54. The Hall–Kier alpha value is -1.33. The van der Waals surface area contributed by atoms with Crippen molar-refractivity contribution in [2.24, 2.45) is 4.99 Å². The second-order valence-electron chi connectivity index (χ2n) is 3.85. The summed E-state index contributed by atoms with van der Waals surface area (Å²) in [7, 11) is 0. The molecule has 0 radical (unpaired) electrons. The maximum absolute atomic E-state index is 11.5. The predicted octanol–water partition coefficient (Wildman–Crippen LogP) is 2.40. The minimum atomic E-state index is -0.983. The number of halogens is 1. The number of carbonyl (C=O) groups excluding carboxylic acids is 1. The van der Waals surface area contributed by atoms with Crippen molar-refractivity contribution in [3.05, 3.63) is 34.9 Å². The monoisotopic (exact) mass is 283 g/mol. The molecule has 0 fully saturated rings. The quantitative estimate of drug-likeness (QED) is 0.921. The number of hydrogen-bond acceptors (Lipinski definition) is 3. The Balaban J connectivity index is 1.99. The molecule has 1 aliphatic rings. The number of aliphatic imine (C=N–C) groups is 1. The van der Waals surface area contributed by atoms with Gasteiger partial charge in [0.2, 0.25) is 0 Å². The number of thioether (sulfide) groups is 1. The highest BCUT2D eigenvalue weighted by Gasteiger charge is 2.30. The van der Waals surface area contributed by atoms with Gasteiger partial charge in [0.1, 0.15) is 5.25 Å². The molecule has 0 spiro atoms. The van der Waals surface area contributed by atoms with E-state index in [0.29, 0.717) is 16.5 Å². The molecule has 0 aliphatic carbocycles. The molecule has 2 rings (SSSR count). The Morgan fingerprint density at radius 2 is 2.06 bits per heavy atom. The molecule has 94 valence electrons. The smallest absolute Gasteiger partial charge is 0.305 e. The van der Waals surface area contributed by atoms with Gasteiger partial charge in [0.25, 0.3) is 5.91 Å². The zero-order chi connectivity index (χ0) is 13.1. The van der Waals surface area contributed by atoms with Crippen LogP contribution in [0.1, 0.15) is 12.0 Å². The molecule has 18 heavy (non-hydrogen) atoms. The molecule has 0 bridgehead atoms. The van der Waals surface area contributed by atoms with Gasteiger partial charge in [-0.05, 0) is 17.7 Å². The summed E-state index contributed by atoms with van der Waals surface area (Å²) in [5.41, 5.74) is 0.995. The van der Waals surface area contributed by atoms with Gasteiger partial charge in [-0.2, -0.15) is 0 Å². The highest BCUT2D eigenvalue weighted by atomic mass is 35.5. The van der Waals surface area contributed by atoms with Crippen LogP contribution in [0, 0.1) is 0 Å². The second kappa shape index (κ2) is 5.54. The lowest BCUT2D eigenvalue weighted by molar-refractivity contribution is -0.138. The van der Waals surface area contributed by atoms with Crippen LogP contribution in [0.2, 0.25) is 5.02 Å². The van der Waals surface area contributed by atoms with Gasteiger partial charge in [0, 0.05) is 11.4 Å². The lowest BCUT2D eigenvalue weighted by Crippen LogP contribution is -2.15. The number of carboxylic acids is 1. The molecular weight excluding hydrogens is 274 g/mol. The zero-order valence-corrected chi connectivity index (χ0v) is 10.9. The Bertz CT molecular complexity index is 513. The molecule has 0 aromatic heterocycles. The van der Waals surface area contributed by atoms with Crippen molar-refractivity contribution in [2.75, 3.05) is 0 Å². The number of carbonyl (C=O) groups is 2. The largest absolute Gasteiger partial charge is 0.481 e. The van der Waals surface area contributed by atoms with Crippen LogP contribution in [0.4, 0.5) is 0 Å². The summed E-state index contributed by atoms with van der Waals surface area (Å²) in [6.45, 7) is 0. The molecular formula is C12H10ClNO3S. The summed E-state index contributed by atoms with van der Waals surface area (Å²) in [5.74, 6) is -1.34.